The molecule has 1 atom stereocenters. The Kier molecular flexibility index (Phi) is 4.59. The molecule has 2 aromatic rings. The third kappa shape index (κ3) is 3.56. The molecule has 5 nitrogen and oxygen atoms in total. The molecule has 3 rings (SSSR count). The van der Waals surface area contributed by atoms with Gasteiger partial charge >= 0.3 is 0 Å². The van der Waals surface area contributed by atoms with Gasteiger partial charge in [-0.1, -0.05) is 30.3 Å². The van der Waals surface area contributed by atoms with Gasteiger partial charge in [0, 0.05) is 31.5 Å². The number of hydrogen-bond donors (Lipinski definition) is 0. The molecule has 1 saturated heterocycles. The minimum atomic E-state index is -3.21. The first-order valence-electron chi connectivity index (χ1n) is 7.64. The van der Waals surface area contributed by atoms with Crippen molar-refractivity contribution in [1.29, 1.82) is 0 Å². The number of hydrogen-bond acceptors (Lipinski definition) is 3. The third-order valence-electron chi connectivity index (χ3n) is 4.15. The van der Waals surface area contributed by atoms with Gasteiger partial charge in [0.2, 0.25) is 10.0 Å². The fraction of sp³-hybridized carbons (Fsp3) is 0.438. The molecule has 1 fully saturated rings. The number of nitrogens with zero attached hydrogens (tertiary/aromatic N) is 3. The van der Waals surface area contributed by atoms with Gasteiger partial charge in [-0.2, -0.15) is 4.31 Å². The predicted octanol–water partition coefficient (Wildman–Crippen LogP) is 1.92. The average molecular weight is 319 g/mol. The molecule has 1 aromatic heterocycles. The minimum Gasteiger partial charge on any atom is -0.336 e. The van der Waals surface area contributed by atoms with Crippen LogP contribution in [0.3, 0.4) is 0 Å². The van der Waals surface area contributed by atoms with Crippen LogP contribution in [0, 0.1) is 0 Å². The Morgan fingerprint density at radius 3 is 2.77 bits per heavy atom. The van der Waals surface area contributed by atoms with Gasteiger partial charge in [0.1, 0.15) is 0 Å². The van der Waals surface area contributed by atoms with E-state index in [1.54, 1.807) is 16.8 Å². The van der Waals surface area contributed by atoms with Gasteiger partial charge in [0.05, 0.1) is 12.1 Å². The van der Waals surface area contributed by atoms with Crippen LogP contribution in [0.5, 0.6) is 0 Å². The topological polar surface area (TPSA) is 55.2 Å². The molecule has 0 spiro atoms. The number of aryl methyl sites for hydroxylation is 1. The first-order valence-corrected chi connectivity index (χ1v) is 9.25. The maximum Gasteiger partial charge on any atom is 0.214 e. The maximum absolute atomic E-state index is 12.6. The molecule has 0 radical (unpaired) electrons. The molecule has 1 aromatic carbocycles. The van der Waals surface area contributed by atoms with E-state index >= 15 is 0 Å². The van der Waals surface area contributed by atoms with Gasteiger partial charge in [-0.05, 0) is 24.8 Å². The summed E-state index contributed by atoms with van der Waals surface area (Å²) in [6.07, 6.45) is 7.77. The smallest absolute Gasteiger partial charge is 0.214 e. The quantitative estimate of drug-likeness (QED) is 0.817. The van der Waals surface area contributed by atoms with E-state index in [1.807, 2.05) is 41.1 Å². The number of benzene rings is 1. The van der Waals surface area contributed by atoms with Crippen LogP contribution in [0.25, 0.3) is 0 Å². The fourth-order valence-corrected chi connectivity index (χ4v) is 4.77. The molecule has 6 heteroatoms. The van der Waals surface area contributed by atoms with Gasteiger partial charge < -0.3 is 4.57 Å². The van der Waals surface area contributed by atoms with E-state index in [0.717, 1.165) is 18.4 Å². The van der Waals surface area contributed by atoms with Gasteiger partial charge in [0.25, 0.3) is 0 Å². The summed E-state index contributed by atoms with van der Waals surface area (Å²) in [5.41, 5.74) is 1.07. The van der Waals surface area contributed by atoms with Crippen LogP contribution >= 0.6 is 0 Å². The lowest BCUT2D eigenvalue weighted by Crippen LogP contribution is -2.39. The molecule has 0 unspecified atom stereocenters. The highest BCUT2D eigenvalue weighted by atomic mass is 32.2. The Balaban J connectivity index is 1.65. The lowest BCUT2D eigenvalue weighted by Gasteiger charge is -2.24. The highest BCUT2D eigenvalue weighted by Crippen LogP contribution is 2.23. The molecule has 0 saturated carbocycles. The first-order chi connectivity index (χ1) is 10.6. The zero-order chi connectivity index (χ0) is 15.4. The molecule has 118 valence electrons. The van der Waals surface area contributed by atoms with Crippen LogP contribution in [0.2, 0.25) is 0 Å². The van der Waals surface area contributed by atoms with Crippen molar-refractivity contribution in [2.24, 2.45) is 0 Å². The Hall–Kier alpha value is -1.66. The van der Waals surface area contributed by atoms with E-state index in [2.05, 4.69) is 4.98 Å². The summed E-state index contributed by atoms with van der Waals surface area (Å²) in [5, 5.41) is 0. The second-order valence-electron chi connectivity index (χ2n) is 5.72. The second kappa shape index (κ2) is 6.62. The number of rotatable bonds is 6. The molecule has 1 aliphatic rings. The zero-order valence-corrected chi connectivity index (χ0v) is 13.3. The van der Waals surface area contributed by atoms with Crippen molar-refractivity contribution >= 4 is 10.0 Å². The Bertz CT molecular complexity index is 683. The zero-order valence-electron chi connectivity index (χ0n) is 12.5. The predicted molar refractivity (Wildman–Crippen MR) is 85.9 cm³/mol. The van der Waals surface area contributed by atoms with E-state index in [9.17, 15) is 8.42 Å². The molecule has 0 amide bonds. The SMILES string of the molecule is O=S(=O)(CCc1ccccc1)N1CCC[C@@H]1Cn1ccnc1. The van der Waals surface area contributed by atoms with Crippen LogP contribution in [0.15, 0.2) is 49.1 Å². The Morgan fingerprint density at radius 2 is 2.05 bits per heavy atom. The third-order valence-corrected chi connectivity index (χ3v) is 6.07. The molecule has 0 bridgehead atoms. The maximum atomic E-state index is 12.6. The monoisotopic (exact) mass is 319 g/mol. The van der Waals surface area contributed by atoms with E-state index < -0.39 is 10.0 Å². The van der Waals surface area contributed by atoms with Gasteiger partial charge in [-0.3, -0.25) is 0 Å². The molecule has 0 aliphatic carbocycles. The Labute approximate surface area is 131 Å². The number of imidazole rings is 1. The number of aromatic nitrogens is 2. The summed E-state index contributed by atoms with van der Waals surface area (Å²) in [7, 11) is -3.21. The standard InChI is InChI=1S/C16H21N3O2S/c20-22(21,12-8-15-5-2-1-3-6-15)19-10-4-7-16(19)13-18-11-9-17-14-18/h1-3,5-6,9,11,14,16H,4,7-8,10,12-13H2/t16-/m1/s1. The number of sulfonamides is 1. The average Bonchev–Trinajstić information content (AvgIpc) is 3.19. The highest BCUT2D eigenvalue weighted by Gasteiger charge is 2.33. The summed E-state index contributed by atoms with van der Waals surface area (Å²) in [5.74, 6) is 0.178. The lowest BCUT2D eigenvalue weighted by molar-refractivity contribution is 0.352. The summed E-state index contributed by atoms with van der Waals surface area (Å²) in [6, 6.07) is 9.83. The molecule has 22 heavy (non-hydrogen) atoms. The summed E-state index contributed by atoms with van der Waals surface area (Å²) < 4.78 is 28.9. The summed E-state index contributed by atoms with van der Waals surface area (Å²) in [6.45, 7) is 1.32. The summed E-state index contributed by atoms with van der Waals surface area (Å²) in [4.78, 5) is 4.02. The minimum absolute atomic E-state index is 0.0509. The van der Waals surface area contributed by atoms with Gasteiger partial charge in [-0.15, -0.1) is 0 Å². The van der Waals surface area contributed by atoms with E-state index in [1.165, 1.54) is 0 Å². The van der Waals surface area contributed by atoms with Crippen LogP contribution < -0.4 is 0 Å². The molecular formula is C16H21N3O2S. The van der Waals surface area contributed by atoms with E-state index in [-0.39, 0.29) is 11.8 Å². The second-order valence-corrected chi connectivity index (χ2v) is 7.76. The normalized spacial score (nSPS) is 19.5. The van der Waals surface area contributed by atoms with Gasteiger partial charge in [-0.25, -0.2) is 13.4 Å². The van der Waals surface area contributed by atoms with Crippen molar-refractivity contribution in [2.75, 3.05) is 12.3 Å². The summed E-state index contributed by atoms with van der Waals surface area (Å²) >= 11 is 0. The first kappa shape index (κ1) is 15.2. The molecular weight excluding hydrogens is 298 g/mol. The molecule has 1 aliphatic heterocycles. The highest BCUT2D eigenvalue weighted by molar-refractivity contribution is 7.89. The van der Waals surface area contributed by atoms with Gasteiger partial charge in [0.15, 0.2) is 0 Å². The Morgan fingerprint density at radius 1 is 1.23 bits per heavy atom. The van der Waals surface area contributed by atoms with Crippen molar-refractivity contribution in [2.45, 2.75) is 31.8 Å². The van der Waals surface area contributed by atoms with Crippen molar-refractivity contribution in [1.82, 2.24) is 13.9 Å². The van der Waals surface area contributed by atoms with E-state index in [4.69, 9.17) is 0 Å². The van der Waals surface area contributed by atoms with E-state index in [0.29, 0.717) is 19.5 Å². The largest absolute Gasteiger partial charge is 0.336 e. The van der Waals surface area contributed by atoms with Crippen molar-refractivity contribution < 1.29 is 8.42 Å². The van der Waals surface area contributed by atoms with Crippen LogP contribution in [0.1, 0.15) is 18.4 Å². The molecule has 2 heterocycles. The van der Waals surface area contributed by atoms with Crippen molar-refractivity contribution in [3.63, 3.8) is 0 Å². The lowest BCUT2D eigenvalue weighted by atomic mass is 10.2. The van der Waals surface area contributed by atoms with Crippen molar-refractivity contribution in [3.05, 3.63) is 54.6 Å². The van der Waals surface area contributed by atoms with Crippen LogP contribution in [-0.4, -0.2) is 40.6 Å². The van der Waals surface area contributed by atoms with Crippen molar-refractivity contribution in [3.8, 4) is 0 Å². The molecule has 0 N–H and O–H groups in total. The van der Waals surface area contributed by atoms with Crippen LogP contribution in [-0.2, 0) is 23.0 Å². The van der Waals surface area contributed by atoms with Crippen LogP contribution in [0.4, 0.5) is 0 Å². The fourth-order valence-electron chi connectivity index (χ4n) is 3.00.